The van der Waals surface area contributed by atoms with Crippen LogP contribution in [-0.4, -0.2) is 4.98 Å². The number of nitrogens with one attached hydrogen (secondary N) is 1. The van der Waals surface area contributed by atoms with E-state index in [1.54, 1.807) is 12.3 Å². The monoisotopic (exact) mass is 257 g/mol. The molecule has 2 aromatic rings. The summed E-state index contributed by atoms with van der Waals surface area (Å²) in [7, 11) is 0. The number of aromatic nitrogens is 1. The van der Waals surface area contributed by atoms with Gasteiger partial charge in [-0.05, 0) is 18.6 Å². The van der Waals surface area contributed by atoms with Crippen molar-refractivity contribution in [3.8, 4) is 6.07 Å². The molecule has 1 heterocycles. The average molecular weight is 258 g/mol. The molecular formula is C14H12ClN3. The van der Waals surface area contributed by atoms with E-state index >= 15 is 0 Å². The van der Waals surface area contributed by atoms with Crippen molar-refractivity contribution in [2.45, 2.75) is 13.5 Å². The van der Waals surface area contributed by atoms with Gasteiger partial charge in [-0.15, -0.1) is 0 Å². The highest BCUT2D eigenvalue weighted by atomic mass is 35.5. The molecule has 1 aromatic heterocycles. The van der Waals surface area contributed by atoms with Crippen LogP contribution in [0.1, 0.15) is 16.7 Å². The van der Waals surface area contributed by atoms with E-state index in [0.717, 1.165) is 5.56 Å². The molecule has 0 saturated carbocycles. The van der Waals surface area contributed by atoms with Gasteiger partial charge in [0.15, 0.2) is 0 Å². The van der Waals surface area contributed by atoms with Crippen molar-refractivity contribution in [3.63, 3.8) is 0 Å². The van der Waals surface area contributed by atoms with Crippen LogP contribution < -0.4 is 5.32 Å². The summed E-state index contributed by atoms with van der Waals surface area (Å²) in [5, 5.41) is 12.4. The molecule has 1 aromatic carbocycles. The lowest BCUT2D eigenvalue weighted by molar-refractivity contribution is 1.10. The van der Waals surface area contributed by atoms with Crippen LogP contribution in [0.3, 0.4) is 0 Å². The smallest absolute Gasteiger partial charge is 0.146 e. The predicted octanol–water partition coefficient (Wildman–Crippen LogP) is 3.53. The number of hydrogen-bond acceptors (Lipinski definition) is 3. The fourth-order valence-corrected chi connectivity index (χ4v) is 1.88. The molecule has 0 radical (unpaired) electrons. The first-order valence-electron chi connectivity index (χ1n) is 5.54. The number of anilines is 1. The third-order valence-corrected chi connectivity index (χ3v) is 2.93. The summed E-state index contributed by atoms with van der Waals surface area (Å²) in [5.74, 6) is 0.539. The van der Waals surface area contributed by atoms with E-state index in [1.807, 2.05) is 31.2 Å². The number of hydrogen-bond donors (Lipinski definition) is 1. The van der Waals surface area contributed by atoms with Gasteiger partial charge in [0.2, 0.25) is 0 Å². The van der Waals surface area contributed by atoms with E-state index in [1.165, 1.54) is 5.56 Å². The number of aryl methyl sites for hydroxylation is 1. The lowest BCUT2D eigenvalue weighted by atomic mass is 10.1. The van der Waals surface area contributed by atoms with Crippen molar-refractivity contribution < 1.29 is 0 Å². The molecule has 0 spiro atoms. The number of nitrogens with zero attached hydrogens (tertiary/aromatic N) is 2. The summed E-state index contributed by atoms with van der Waals surface area (Å²) in [5.41, 5.74) is 2.78. The maximum atomic E-state index is 8.87. The van der Waals surface area contributed by atoms with Gasteiger partial charge in [0.25, 0.3) is 0 Å². The first-order valence-corrected chi connectivity index (χ1v) is 5.92. The van der Waals surface area contributed by atoms with E-state index in [9.17, 15) is 0 Å². The van der Waals surface area contributed by atoms with Gasteiger partial charge in [-0.2, -0.15) is 5.26 Å². The fraction of sp³-hybridized carbons (Fsp3) is 0.143. The number of halogens is 1. The molecule has 0 amide bonds. The molecule has 2 rings (SSSR count). The lowest BCUT2D eigenvalue weighted by Gasteiger charge is -2.08. The molecule has 0 aliphatic carbocycles. The van der Waals surface area contributed by atoms with Crippen molar-refractivity contribution in [2.24, 2.45) is 0 Å². The molecule has 1 N–H and O–H groups in total. The first-order chi connectivity index (χ1) is 8.70. The summed E-state index contributed by atoms with van der Waals surface area (Å²) in [6, 6.07) is 11.8. The van der Waals surface area contributed by atoms with Gasteiger partial charge in [-0.3, -0.25) is 0 Å². The quantitative estimate of drug-likeness (QED) is 0.915. The Bertz CT molecular complexity index is 602. The second-order valence-electron chi connectivity index (χ2n) is 3.98. The van der Waals surface area contributed by atoms with Crippen LogP contribution in [0.25, 0.3) is 0 Å². The van der Waals surface area contributed by atoms with E-state index in [4.69, 9.17) is 16.9 Å². The number of rotatable bonds is 3. The van der Waals surface area contributed by atoms with Crippen LogP contribution in [-0.2, 0) is 6.54 Å². The normalized spacial score (nSPS) is 9.83. The highest BCUT2D eigenvalue weighted by molar-refractivity contribution is 6.34. The second kappa shape index (κ2) is 5.52. The van der Waals surface area contributed by atoms with Crippen molar-refractivity contribution in [1.82, 2.24) is 4.98 Å². The Labute approximate surface area is 111 Å². The Kier molecular flexibility index (Phi) is 3.81. The second-order valence-corrected chi connectivity index (χ2v) is 4.35. The minimum atomic E-state index is 0.368. The first kappa shape index (κ1) is 12.4. The van der Waals surface area contributed by atoms with Gasteiger partial charge in [-0.25, -0.2) is 4.98 Å². The third-order valence-electron chi connectivity index (χ3n) is 2.55. The topological polar surface area (TPSA) is 48.7 Å². The largest absolute Gasteiger partial charge is 0.365 e. The Morgan fingerprint density at radius 2 is 2.22 bits per heavy atom. The highest BCUT2D eigenvalue weighted by Gasteiger charge is 2.06. The summed E-state index contributed by atoms with van der Waals surface area (Å²) in [6.45, 7) is 2.67. The Morgan fingerprint density at radius 1 is 1.39 bits per heavy atom. The number of pyridine rings is 1. The third kappa shape index (κ3) is 2.79. The summed E-state index contributed by atoms with van der Waals surface area (Å²) < 4.78 is 0. The maximum Gasteiger partial charge on any atom is 0.146 e. The molecule has 3 nitrogen and oxygen atoms in total. The molecule has 4 heteroatoms. The van der Waals surface area contributed by atoms with Gasteiger partial charge in [-0.1, -0.05) is 41.4 Å². The van der Waals surface area contributed by atoms with Crippen LogP contribution in [0.5, 0.6) is 0 Å². The number of nitriles is 1. The zero-order chi connectivity index (χ0) is 13.0. The molecular weight excluding hydrogens is 246 g/mol. The van der Waals surface area contributed by atoms with Crippen molar-refractivity contribution >= 4 is 17.4 Å². The fourth-order valence-electron chi connectivity index (χ4n) is 1.66. The van der Waals surface area contributed by atoms with Gasteiger partial charge in [0.1, 0.15) is 16.9 Å². The minimum Gasteiger partial charge on any atom is -0.365 e. The van der Waals surface area contributed by atoms with E-state index in [0.29, 0.717) is 22.9 Å². The summed E-state index contributed by atoms with van der Waals surface area (Å²) in [6.07, 6.45) is 1.57. The predicted molar refractivity (Wildman–Crippen MR) is 72.5 cm³/mol. The molecule has 0 unspecified atom stereocenters. The molecule has 0 saturated heterocycles. The molecule has 0 bridgehead atoms. The van der Waals surface area contributed by atoms with Gasteiger partial charge in [0, 0.05) is 12.7 Å². The Hall–Kier alpha value is -2.05. The Balaban J connectivity index is 2.14. The zero-order valence-electron chi connectivity index (χ0n) is 9.94. The lowest BCUT2D eigenvalue weighted by Crippen LogP contribution is -2.02. The van der Waals surface area contributed by atoms with Gasteiger partial charge >= 0.3 is 0 Å². The maximum absolute atomic E-state index is 8.87. The van der Waals surface area contributed by atoms with Crippen molar-refractivity contribution in [1.29, 1.82) is 5.26 Å². The van der Waals surface area contributed by atoms with Crippen molar-refractivity contribution in [2.75, 3.05) is 5.32 Å². The van der Waals surface area contributed by atoms with E-state index in [2.05, 4.69) is 16.4 Å². The molecule has 0 aliphatic heterocycles. The molecule has 18 heavy (non-hydrogen) atoms. The SMILES string of the molecule is Cc1cccc(CNc2nccc(C#N)c2Cl)c1. The average Bonchev–Trinajstić information content (AvgIpc) is 2.38. The van der Waals surface area contributed by atoms with Crippen LogP contribution in [0, 0.1) is 18.3 Å². The van der Waals surface area contributed by atoms with Crippen LogP contribution >= 0.6 is 11.6 Å². The standard InChI is InChI=1S/C14H12ClN3/c1-10-3-2-4-11(7-10)9-18-14-13(15)12(8-16)5-6-17-14/h2-7H,9H2,1H3,(H,17,18). The van der Waals surface area contributed by atoms with Gasteiger partial charge in [0.05, 0.1) is 5.56 Å². The Morgan fingerprint density at radius 3 is 2.94 bits per heavy atom. The van der Waals surface area contributed by atoms with E-state index in [-0.39, 0.29) is 0 Å². The molecule has 0 atom stereocenters. The summed E-state index contributed by atoms with van der Waals surface area (Å²) >= 11 is 6.06. The number of benzene rings is 1. The van der Waals surface area contributed by atoms with Crippen molar-refractivity contribution in [3.05, 3.63) is 58.2 Å². The molecule has 90 valence electrons. The zero-order valence-corrected chi connectivity index (χ0v) is 10.7. The minimum absolute atomic E-state index is 0.368. The summed E-state index contributed by atoms with van der Waals surface area (Å²) in [4.78, 5) is 4.13. The molecule has 0 fully saturated rings. The highest BCUT2D eigenvalue weighted by Crippen LogP contribution is 2.23. The van der Waals surface area contributed by atoms with Gasteiger partial charge < -0.3 is 5.32 Å². The van der Waals surface area contributed by atoms with E-state index < -0.39 is 0 Å². The molecule has 0 aliphatic rings. The van der Waals surface area contributed by atoms with Crippen LogP contribution in [0.2, 0.25) is 5.02 Å². The van der Waals surface area contributed by atoms with Crippen LogP contribution in [0.15, 0.2) is 36.5 Å². The van der Waals surface area contributed by atoms with Crippen LogP contribution in [0.4, 0.5) is 5.82 Å².